The average Bonchev–Trinajstić information content (AvgIpc) is 3.56. The molecule has 2 aromatic carbocycles. The lowest BCUT2D eigenvalue weighted by Crippen LogP contribution is -2.20. The molecule has 0 unspecified atom stereocenters. The lowest BCUT2D eigenvalue weighted by atomic mass is 10.0. The number of H-pyrrole nitrogens is 2. The van der Waals surface area contributed by atoms with Crippen molar-refractivity contribution in [3.05, 3.63) is 84.6 Å². The molecule has 0 aliphatic heterocycles. The van der Waals surface area contributed by atoms with E-state index in [0.29, 0.717) is 0 Å². The Labute approximate surface area is 238 Å². The van der Waals surface area contributed by atoms with Crippen LogP contribution in [0.4, 0.5) is 10.1 Å². The minimum Gasteiger partial charge on any atom is -0.384 e. The molecule has 0 bridgehead atoms. The Bertz CT molecular complexity index is 1840. The smallest absolute Gasteiger partial charge is 0.138 e. The van der Waals surface area contributed by atoms with Gasteiger partial charge >= 0.3 is 0 Å². The van der Waals surface area contributed by atoms with Gasteiger partial charge in [0, 0.05) is 60.2 Å². The highest BCUT2D eigenvalue weighted by Crippen LogP contribution is 2.35. The van der Waals surface area contributed by atoms with Gasteiger partial charge in [0.05, 0.1) is 11.2 Å². The van der Waals surface area contributed by atoms with E-state index in [-0.39, 0.29) is 5.82 Å². The molecule has 8 nitrogen and oxygen atoms in total. The van der Waals surface area contributed by atoms with Gasteiger partial charge in [-0.2, -0.15) is 5.10 Å². The molecule has 0 saturated carbocycles. The zero-order valence-corrected chi connectivity index (χ0v) is 23.7. The Morgan fingerprint density at radius 1 is 0.854 bits per heavy atom. The summed E-state index contributed by atoms with van der Waals surface area (Å²) in [6, 6.07) is 17.5. The Kier molecular flexibility index (Phi) is 7.21. The Morgan fingerprint density at radius 2 is 1.73 bits per heavy atom. The topological polar surface area (TPSA) is 88.8 Å². The number of aromatic nitrogens is 5. The molecule has 9 heteroatoms. The molecule has 41 heavy (non-hydrogen) atoms. The largest absolute Gasteiger partial charge is 0.384 e. The van der Waals surface area contributed by atoms with Crippen molar-refractivity contribution in [1.29, 1.82) is 0 Å². The van der Waals surface area contributed by atoms with Crippen LogP contribution in [0.3, 0.4) is 0 Å². The second-order valence-electron chi connectivity index (χ2n) is 10.9. The third-order valence-corrected chi connectivity index (χ3v) is 7.07. The number of pyridine rings is 2. The van der Waals surface area contributed by atoms with Crippen molar-refractivity contribution in [1.82, 2.24) is 34.9 Å². The van der Waals surface area contributed by atoms with Crippen molar-refractivity contribution in [2.75, 3.05) is 46.6 Å². The number of hydrogen-bond donors (Lipinski definition) is 3. The normalized spacial score (nSPS) is 11.8. The van der Waals surface area contributed by atoms with Gasteiger partial charge in [0.25, 0.3) is 0 Å². The van der Waals surface area contributed by atoms with Crippen molar-refractivity contribution < 1.29 is 4.39 Å². The van der Waals surface area contributed by atoms with Gasteiger partial charge in [0.15, 0.2) is 0 Å². The third kappa shape index (κ3) is 5.68. The molecule has 0 radical (unpaired) electrons. The third-order valence-electron chi connectivity index (χ3n) is 7.07. The highest BCUT2D eigenvalue weighted by atomic mass is 19.1. The van der Waals surface area contributed by atoms with Gasteiger partial charge in [-0.1, -0.05) is 6.07 Å². The quantitative estimate of drug-likeness (QED) is 0.205. The number of halogens is 1. The van der Waals surface area contributed by atoms with Gasteiger partial charge in [-0.3, -0.25) is 10.1 Å². The number of likely N-dealkylation sites (N-methyl/N-ethyl adjacent to an activating group) is 1. The molecule has 0 aliphatic rings. The Hall–Kier alpha value is -4.60. The van der Waals surface area contributed by atoms with Gasteiger partial charge in [0.2, 0.25) is 0 Å². The first-order valence-electron chi connectivity index (χ1n) is 13.6. The molecule has 0 fully saturated rings. The number of benzene rings is 2. The summed E-state index contributed by atoms with van der Waals surface area (Å²) in [6.45, 7) is 2.40. The molecule has 0 atom stereocenters. The van der Waals surface area contributed by atoms with Crippen molar-refractivity contribution in [2.24, 2.45) is 0 Å². The zero-order valence-electron chi connectivity index (χ0n) is 23.7. The molecule has 3 N–H and O–H groups in total. The summed E-state index contributed by atoms with van der Waals surface area (Å²) in [6.07, 6.45) is 5.54. The van der Waals surface area contributed by atoms with Crippen LogP contribution >= 0.6 is 0 Å². The van der Waals surface area contributed by atoms with E-state index in [0.717, 1.165) is 86.5 Å². The predicted octanol–water partition coefficient (Wildman–Crippen LogP) is 6.01. The highest BCUT2D eigenvalue weighted by Gasteiger charge is 2.16. The number of nitrogens with zero attached hydrogens (tertiary/aromatic N) is 5. The number of hydrogen-bond acceptors (Lipinski definition) is 6. The van der Waals surface area contributed by atoms with E-state index in [1.807, 2.05) is 64.8 Å². The summed E-state index contributed by atoms with van der Waals surface area (Å²) in [5.74, 6) is -0.287. The first kappa shape index (κ1) is 26.6. The van der Waals surface area contributed by atoms with Crippen LogP contribution in [0.2, 0.25) is 0 Å². The van der Waals surface area contributed by atoms with Crippen LogP contribution in [0, 0.1) is 5.82 Å². The zero-order chi connectivity index (χ0) is 28.5. The van der Waals surface area contributed by atoms with Gasteiger partial charge in [-0.05, 0) is 99.0 Å². The van der Waals surface area contributed by atoms with Crippen LogP contribution in [0.15, 0.2) is 73.2 Å². The van der Waals surface area contributed by atoms with Crippen molar-refractivity contribution in [3.63, 3.8) is 0 Å². The van der Waals surface area contributed by atoms with E-state index in [1.54, 1.807) is 12.3 Å². The molecule has 208 valence electrons. The number of aromatic amines is 2. The van der Waals surface area contributed by atoms with Crippen LogP contribution in [-0.2, 0) is 6.54 Å². The number of rotatable bonds is 9. The van der Waals surface area contributed by atoms with Gasteiger partial charge in [-0.25, -0.2) is 9.37 Å². The van der Waals surface area contributed by atoms with E-state index in [9.17, 15) is 4.39 Å². The second-order valence-corrected chi connectivity index (χ2v) is 10.9. The summed E-state index contributed by atoms with van der Waals surface area (Å²) in [5.41, 5.74) is 9.00. The fourth-order valence-electron chi connectivity index (χ4n) is 5.17. The summed E-state index contributed by atoms with van der Waals surface area (Å²) in [5, 5.41) is 13.0. The molecular formula is C32H33FN8. The van der Waals surface area contributed by atoms with Gasteiger partial charge in [-0.15, -0.1) is 0 Å². The Balaban J connectivity index is 1.37. The van der Waals surface area contributed by atoms with Crippen LogP contribution in [0.25, 0.3) is 55.6 Å². The summed E-state index contributed by atoms with van der Waals surface area (Å²) >= 11 is 0. The molecule has 4 aromatic heterocycles. The molecule has 6 rings (SSSR count). The lowest BCUT2D eigenvalue weighted by molar-refractivity contribution is 0.402. The number of anilines is 1. The van der Waals surface area contributed by atoms with E-state index in [2.05, 4.69) is 58.5 Å². The minimum atomic E-state index is -0.287. The maximum absolute atomic E-state index is 14.7. The van der Waals surface area contributed by atoms with E-state index < -0.39 is 0 Å². The van der Waals surface area contributed by atoms with Crippen LogP contribution in [0.5, 0.6) is 0 Å². The summed E-state index contributed by atoms with van der Waals surface area (Å²) in [7, 11) is 8.13. The van der Waals surface area contributed by atoms with Gasteiger partial charge in [0.1, 0.15) is 17.2 Å². The van der Waals surface area contributed by atoms with Crippen LogP contribution in [0.1, 0.15) is 5.56 Å². The van der Waals surface area contributed by atoms with Crippen LogP contribution < -0.4 is 5.32 Å². The standard InChI is InChI=1S/C32H33FN8/c1-40(2)10-9-35-25-13-22(12-24(33)15-25)26-7-8-36-32-27(26)16-30(37-32)31-28-14-21(5-6-29(28)38-39-31)23-11-20(17-34-18-23)19-41(3)4/h5-8,11-18,35H,9-10,19H2,1-4H3,(H,36,37)(H,38,39). The van der Waals surface area contributed by atoms with Crippen LogP contribution in [-0.4, -0.2) is 76.2 Å². The number of nitrogens with one attached hydrogen (secondary N) is 3. The molecule has 0 spiro atoms. The summed E-state index contributed by atoms with van der Waals surface area (Å²) < 4.78 is 14.7. The van der Waals surface area contributed by atoms with Crippen molar-refractivity contribution >= 4 is 27.6 Å². The van der Waals surface area contributed by atoms with Crippen molar-refractivity contribution in [2.45, 2.75) is 6.54 Å². The van der Waals surface area contributed by atoms with E-state index in [1.165, 1.54) is 6.07 Å². The molecule has 6 aromatic rings. The second kappa shape index (κ2) is 11.1. The molecular weight excluding hydrogens is 515 g/mol. The molecule has 0 aliphatic carbocycles. The lowest BCUT2D eigenvalue weighted by Gasteiger charge is -2.13. The molecule has 0 amide bonds. The number of fused-ring (bicyclic) bond motifs is 2. The first-order valence-corrected chi connectivity index (χ1v) is 13.6. The maximum Gasteiger partial charge on any atom is 0.138 e. The fourth-order valence-corrected chi connectivity index (χ4v) is 5.17. The SMILES string of the molecule is CN(C)CCNc1cc(F)cc(-c2ccnc3[nH]c(-c4n[nH]c5ccc(-c6cncc(CN(C)C)c6)cc45)cc23)c1. The average molecular weight is 549 g/mol. The van der Waals surface area contributed by atoms with Gasteiger partial charge < -0.3 is 20.1 Å². The Morgan fingerprint density at radius 3 is 2.56 bits per heavy atom. The monoisotopic (exact) mass is 548 g/mol. The fraction of sp³-hybridized carbons (Fsp3) is 0.219. The first-order chi connectivity index (χ1) is 19.8. The van der Waals surface area contributed by atoms with E-state index >= 15 is 0 Å². The molecule has 4 heterocycles. The van der Waals surface area contributed by atoms with Crippen molar-refractivity contribution in [3.8, 4) is 33.6 Å². The van der Waals surface area contributed by atoms with E-state index in [4.69, 9.17) is 0 Å². The summed E-state index contributed by atoms with van der Waals surface area (Å²) in [4.78, 5) is 16.7. The molecule has 0 saturated heterocycles. The maximum atomic E-state index is 14.7. The minimum absolute atomic E-state index is 0.287. The predicted molar refractivity (Wildman–Crippen MR) is 164 cm³/mol. The highest BCUT2D eigenvalue weighted by molar-refractivity contribution is 6.00.